The molecule has 0 radical (unpaired) electrons. The first-order valence-electron chi connectivity index (χ1n) is 13.2. The van der Waals surface area contributed by atoms with Crippen molar-refractivity contribution in [1.29, 1.82) is 0 Å². The number of halogens is 5. The van der Waals surface area contributed by atoms with Gasteiger partial charge in [-0.25, -0.2) is 18.6 Å². The van der Waals surface area contributed by atoms with Gasteiger partial charge in [-0.15, -0.1) is 13.2 Å². The molecule has 14 heteroatoms. The summed E-state index contributed by atoms with van der Waals surface area (Å²) < 4.78 is 84.1. The van der Waals surface area contributed by atoms with Gasteiger partial charge in [0, 0.05) is 43.0 Å². The molecule has 0 unspecified atom stereocenters. The van der Waals surface area contributed by atoms with Crippen molar-refractivity contribution in [3.63, 3.8) is 0 Å². The lowest BCUT2D eigenvalue weighted by molar-refractivity contribution is -0.274. The SMILES string of the molecule is O=C(O)c1cc(F)c2nc(N3CCC(F)(COCc4c(-c5cccc(OC(F)(F)F)c5)noc4C4CC4)CC3)sc2c1. The number of hydrogen-bond donors (Lipinski definition) is 1. The number of hydrogen-bond acceptors (Lipinski definition) is 8. The summed E-state index contributed by atoms with van der Waals surface area (Å²) in [4.78, 5) is 17.4. The number of benzene rings is 2. The van der Waals surface area contributed by atoms with E-state index in [1.54, 1.807) is 6.07 Å². The number of thiazole rings is 1. The highest BCUT2D eigenvalue weighted by Gasteiger charge is 2.37. The molecule has 2 aliphatic rings. The molecule has 1 saturated heterocycles. The van der Waals surface area contributed by atoms with Gasteiger partial charge in [0.15, 0.2) is 10.9 Å². The Morgan fingerprint density at radius 3 is 2.64 bits per heavy atom. The topological polar surface area (TPSA) is 97.9 Å². The first kappa shape index (κ1) is 28.3. The number of aromatic nitrogens is 2. The molecule has 1 aliphatic heterocycles. The number of anilines is 1. The summed E-state index contributed by atoms with van der Waals surface area (Å²) in [5.41, 5.74) is -0.492. The fourth-order valence-electron chi connectivity index (χ4n) is 5.01. The largest absolute Gasteiger partial charge is 0.573 e. The van der Waals surface area contributed by atoms with Gasteiger partial charge in [0.1, 0.15) is 28.4 Å². The molecule has 2 fully saturated rings. The van der Waals surface area contributed by atoms with Crippen molar-refractivity contribution in [3.05, 3.63) is 59.1 Å². The molecule has 1 aliphatic carbocycles. The van der Waals surface area contributed by atoms with Crippen LogP contribution in [0.2, 0.25) is 0 Å². The van der Waals surface area contributed by atoms with E-state index in [4.69, 9.17) is 9.26 Å². The molecule has 8 nitrogen and oxygen atoms in total. The van der Waals surface area contributed by atoms with E-state index in [9.17, 15) is 27.5 Å². The third kappa shape index (κ3) is 6.04. The predicted molar refractivity (Wildman–Crippen MR) is 142 cm³/mol. The van der Waals surface area contributed by atoms with Crippen molar-refractivity contribution in [3.8, 4) is 17.0 Å². The number of piperidine rings is 1. The molecule has 2 aromatic carbocycles. The van der Waals surface area contributed by atoms with Crippen LogP contribution in [0.4, 0.5) is 27.1 Å². The van der Waals surface area contributed by atoms with E-state index in [1.165, 1.54) is 24.3 Å². The molecule has 4 aromatic rings. The maximum Gasteiger partial charge on any atom is 0.573 e. The number of rotatable bonds is 9. The molecule has 42 heavy (non-hydrogen) atoms. The minimum Gasteiger partial charge on any atom is -0.478 e. The Labute approximate surface area is 239 Å². The first-order valence-corrected chi connectivity index (χ1v) is 14.0. The highest BCUT2D eigenvalue weighted by Crippen LogP contribution is 2.45. The van der Waals surface area contributed by atoms with Crippen LogP contribution < -0.4 is 9.64 Å². The van der Waals surface area contributed by atoms with Crippen LogP contribution in [0.1, 0.15) is 53.3 Å². The average Bonchev–Trinajstić information content (AvgIpc) is 3.53. The Hall–Kier alpha value is -3.78. The van der Waals surface area contributed by atoms with Gasteiger partial charge in [-0.2, -0.15) is 0 Å². The number of nitrogens with zero attached hydrogens (tertiary/aromatic N) is 3. The molecular formula is C28H24F5N3O5S. The molecular weight excluding hydrogens is 585 g/mol. The van der Waals surface area contributed by atoms with E-state index < -0.39 is 29.6 Å². The molecule has 0 bridgehead atoms. The lowest BCUT2D eigenvalue weighted by Crippen LogP contribution is -2.44. The Kier molecular flexibility index (Phi) is 7.29. The van der Waals surface area contributed by atoms with E-state index in [1.807, 2.05) is 4.90 Å². The highest BCUT2D eigenvalue weighted by atomic mass is 32.1. The third-order valence-corrected chi connectivity index (χ3v) is 8.39. The van der Waals surface area contributed by atoms with Crippen LogP contribution in [-0.2, 0) is 11.3 Å². The smallest absolute Gasteiger partial charge is 0.478 e. The molecule has 0 atom stereocenters. The van der Waals surface area contributed by atoms with Gasteiger partial charge in [0.25, 0.3) is 0 Å². The summed E-state index contributed by atoms with van der Waals surface area (Å²) in [5, 5.41) is 13.8. The van der Waals surface area contributed by atoms with E-state index in [0.29, 0.717) is 45.5 Å². The van der Waals surface area contributed by atoms with E-state index in [-0.39, 0.29) is 43.1 Å². The predicted octanol–water partition coefficient (Wildman–Crippen LogP) is 7.09. The minimum absolute atomic E-state index is 0.0343. The van der Waals surface area contributed by atoms with Gasteiger partial charge in [0.05, 0.1) is 23.5 Å². The number of ether oxygens (including phenoxy) is 2. The zero-order valence-electron chi connectivity index (χ0n) is 21.9. The summed E-state index contributed by atoms with van der Waals surface area (Å²) in [6.45, 7) is 0.340. The minimum atomic E-state index is -4.84. The lowest BCUT2D eigenvalue weighted by Gasteiger charge is -2.36. The van der Waals surface area contributed by atoms with Crippen LogP contribution in [0.3, 0.4) is 0 Å². The van der Waals surface area contributed by atoms with Gasteiger partial charge in [0.2, 0.25) is 0 Å². The van der Waals surface area contributed by atoms with Crippen molar-refractivity contribution in [1.82, 2.24) is 10.1 Å². The average molecular weight is 610 g/mol. The Morgan fingerprint density at radius 2 is 1.95 bits per heavy atom. The van der Waals surface area contributed by atoms with Crippen molar-refractivity contribution in [2.24, 2.45) is 0 Å². The van der Waals surface area contributed by atoms with Crippen LogP contribution in [0, 0.1) is 5.82 Å². The maximum atomic E-state index is 15.8. The monoisotopic (exact) mass is 609 g/mol. The van der Waals surface area contributed by atoms with Gasteiger partial charge in [-0.3, -0.25) is 0 Å². The standard InChI is InChI=1S/C28H24F5N3O5S/c29-20-11-17(25(37)38)12-21-23(20)34-26(42-21)36-8-6-27(30,7-9-36)14-39-13-19-22(35-41-24(19)15-4-5-15)16-2-1-3-18(10-16)40-28(31,32)33/h1-3,10-12,15H,4-9,13-14H2,(H,37,38). The van der Waals surface area contributed by atoms with Crippen molar-refractivity contribution in [2.75, 3.05) is 24.6 Å². The summed E-state index contributed by atoms with van der Waals surface area (Å²) in [6.07, 6.45) is -2.83. The fourth-order valence-corrected chi connectivity index (χ4v) is 6.08. The quantitative estimate of drug-likeness (QED) is 0.201. The number of alkyl halides is 4. The van der Waals surface area contributed by atoms with E-state index in [2.05, 4.69) is 14.9 Å². The molecule has 1 N–H and O–H groups in total. The number of aromatic carboxylic acids is 1. The van der Waals surface area contributed by atoms with Crippen molar-refractivity contribution >= 4 is 32.7 Å². The van der Waals surface area contributed by atoms with Crippen LogP contribution in [-0.4, -0.2) is 52.9 Å². The molecule has 222 valence electrons. The summed E-state index contributed by atoms with van der Waals surface area (Å²) in [6, 6.07) is 7.71. The first-order chi connectivity index (χ1) is 20.0. The Bertz CT molecular complexity index is 1630. The number of carbonyl (C=O) groups is 1. The van der Waals surface area contributed by atoms with E-state index >= 15 is 4.39 Å². The molecule has 1 saturated carbocycles. The third-order valence-electron chi connectivity index (χ3n) is 7.33. The van der Waals surface area contributed by atoms with Crippen molar-refractivity contribution < 1.29 is 45.8 Å². The van der Waals surface area contributed by atoms with Gasteiger partial charge in [-0.1, -0.05) is 28.6 Å². The molecule has 2 aromatic heterocycles. The number of carboxylic acids is 1. The van der Waals surface area contributed by atoms with Crippen LogP contribution >= 0.6 is 11.3 Å². The molecule has 0 amide bonds. The lowest BCUT2D eigenvalue weighted by atomic mass is 9.94. The van der Waals surface area contributed by atoms with E-state index in [0.717, 1.165) is 30.2 Å². The van der Waals surface area contributed by atoms with Gasteiger partial charge >= 0.3 is 12.3 Å². The zero-order chi connectivity index (χ0) is 29.6. The summed E-state index contributed by atoms with van der Waals surface area (Å²) in [5.74, 6) is -1.64. The molecule has 6 rings (SSSR count). The normalized spacial score (nSPS) is 17.1. The number of carboxylic acid groups (broad SMARTS) is 1. The molecule has 3 heterocycles. The van der Waals surface area contributed by atoms with Crippen LogP contribution in [0.15, 0.2) is 40.9 Å². The van der Waals surface area contributed by atoms with Crippen LogP contribution in [0.25, 0.3) is 21.5 Å². The van der Waals surface area contributed by atoms with Crippen LogP contribution in [0.5, 0.6) is 5.75 Å². The second-order valence-corrected chi connectivity index (χ2v) is 11.5. The maximum absolute atomic E-state index is 15.8. The second-order valence-electron chi connectivity index (χ2n) is 10.5. The van der Waals surface area contributed by atoms with Crippen molar-refractivity contribution in [2.45, 2.75) is 50.2 Å². The fraction of sp³-hybridized carbons (Fsp3) is 0.393. The summed E-state index contributed by atoms with van der Waals surface area (Å²) >= 11 is 1.15. The van der Waals surface area contributed by atoms with Gasteiger partial charge in [-0.05, 0) is 37.1 Å². The Balaban J connectivity index is 1.11. The van der Waals surface area contributed by atoms with Gasteiger partial charge < -0.3 is 24.0 Å². The molecule has 0 spiro atoms. The highest BCUT2D eigenvalue weighted by molar-refractivity contribution is 7.22. The Morgan fingerprint density at radius 1 is 1.19 bits per heavy atom. The summed E-state index contributed by atoms with van der Waals surface area (Å²) in [7, 11) is 0. The number of fused-ring (bicyclic) bond motifs is 1. The second kappa shape index (κ2) is 10.8. The zero-order valence-corrected chi connectivity index (χ0v) is 22.7.